The first-order valence-corrected chi connectivity index (χ1v) is 9.83. The average Bonchev–Trinajstić information content (AvgIpc) is 3.34. The topological polar surface area (TPSA) is 82.6 Å². The molecule has 30 heavy (non-hydrogen) atoms. The molecular weight excluding hydrogens is 401 g/mol. The number of benzene rings is 1. The van der Waals surface area contributed by atoms with Crippen LogP contribution < -0.4 is 10.5 Å². The molecule has 2 heterocycles. The number of aromatic nitrogens is 2. The number of ether oxygens (including phenoxy) is 2. The van der Waals surface area contributed by atoms with Gasteiger partial charge in [0.15, 0.2) is 17.4 Å². The quantitative estimate of drug-likeness (QED) is 0.739. The van der Waals surface area contributed by atoms with Crippen LogP contribution in [-0.2, 0) is 11.3 Å². The predicted molar refractivity (Wildman–Crippen MR) is 101 cm³/mol. The molecule has 10 heteroatoms. The van der Waals surface area contributed by atoms with Crippen molar-refractivity contribution in [3.05, 3.63) is 41.3 Å². The SMILES string of the molecule is CC1(OC(=O)N2CCC(n3ncc(COc4c(F)ccc(F)c4F)c3N)CC2)CC1. The molecule has 1 saturated carbocycles. The van der Waals surface area contributed by atoms with Crippen LogP contribution in [0.5, 0.6) is 5.75 Å². The van der Waals surface area contributed by atoms with Gasteiger partial charge in [0.2, 0.25) is 5.82 Å². The molecule has 2 aromatic rings. The van der Waals surface area contributed by atoms with E-state index in [1.165, 1.54) is 6.20 Å². The molecule has 7 nitrogen and oxygen atoms in total. The van der Waals surface area contributed by atoms with Gasteiger partial charge in [-0.05, 0) is 44.7 Å². The Bertz CT molecular complexity index is 953. The number of hydrogen-bond donors (Lipinski definition) is 1. The zero-order valence-electron chi connectivity index (χ0n) is 16.5. The Hall–Kier alpha value is -2.91. The van der Waals surface area contributed by atoms with Crippen molar-refractivity contribution in [3.8, 4) is 5.75 Å². The number of halogens is 3. The minimum atomic E-state index is -1.39. The largest absolute Gasteiger partial charge is 0.483 e. The van der Waals surface area contributed by atoms with Gasteiger partial charge in [0.05, 0.1) is 17.8 Å². The number of hydrogen-bond acceptors (Lipinski definition) is 5. The number of nitrogens with zero attached hydrogens (tertiary/aromatic N) is 3. The number of piperidine rings is 1. The van der Waals surface area contributed by atoms with E-state index in [9.17, 15) is 18.0 Å². The van der Waals surface area contributed by atoms with Crippen LogP contribution in [0.15, 0.2) is 18.3 Å². The third-order valence-electron chi connectivity index (χ3n) is 5.64. The molecule has 0 radical (unpaired) electrons. The summed E-state index contributed by atoms with van der Waals surface area (Å²) in [6, 6.07) is 1.46. The number of carbonyl (C=O) groups excluding carboxylic acids is 1. The molecule has 162 valence electrons. The fourth-order valence-corrected chi connectivity index (χ4v) is 3.45. The molecule has 1 aliphatic heterocycles. The lowest BCUT2D eigenvalue weighted by Gasteiger charge is -2.32. The first kappa shape index (κ1) is 20.4. The van der Waals surface area contributed by atoms with Gasteiger partial charge in [-0.2, -0.15) is 9.49 Å². The number of carbonyl (C=O) groups is 1. The zero-order chi connectivity index (χ0) is 21.5. The summed E-state index contributed by atoms with van der Waals surface area (Å²) in [4.78, 5) is 13.9. The Morgan fingerprint density at radius 3 is 2.57 bits per heavy atom. The molecule has 0 bridgehead atoms. The van der Waals surface area contributed by atoms with Gasteiger partial charge in [-0.25, -0.2) is 18.3 Å². The zero-order valence-corrected chi connectivity index (χ0v) is 16.5. The molecule has 1 saturated heterocycles. The molecule has 2 aliphatic rings. The van der Waals surface area contributed by atoms with Crippen molar-refractivity contribution < 1.29 is 27.4 Å². The van der Waals surface area contributed by atoms with E-state index >= 15 is 0 Å². The lowest BCUT2D eigenvalue weighted by atomic mass is 10.1. The Labute approximate surface area is 171 Å². The van der Waals surface area contributed by atoms with Gasteiger partial charge in [-0.3, -0.25) is 0 Å². The van der Waals surface area contributed by atoms with Crippen LogP contribution in [-0.4, -0.2) is 39.5 Å². The average molecular weight is 424 g/mol. The lowest BCUT2D eigenvalue weighted by Crippen LogP contribution is -2.41. The van der Waals surface area contributed by atoms with Gasteiger partial charge in [0.25, 0.3) is 0 Å². The molecule has 1 amide bonds. The summed E-state index contributed by atoms with van der Waals surface area (Å²) in [5, 5.41) is 4.27. The summed E-state index contributed by atoms with van der Waals surface area (Å²) in [5.74, 6) is -4.08. The summed E-state index contributed by atoms with van der Waals surface area (Å²) in [6.45, 7) is 2.70. The van der Waals surface area contributed by atoms with Crippen LogP contribution in [0.4, 0.5) is 23.8 Å². The van der Waals surface area contributed by atoms with Crippen LogP contribution in [0.3, 0.4) is 0 Å². The fraction of sp³-hybridized carbons (Fsp3) is 0.500. The van der Waals surface area contributed by atoms with Gasteiger partial charge in [0.1, 0.15) is 18.0 Å². The van der Waals surface area contributed by atoms with E-state index in [1.54, 1.807) is 9.58 Å². The molecule has 0 unspecified atom stereocenters. The first-order chi connectivity index (χ1) is 14.3. The smallest absolute Gasteiger partial charge is 0.410 e. The van der Waals surface area contributed by atoms with Crippen molar-refractivity contribution in [2.45, 2.75) is 50.9 Å². The molecule has 1 aromatic carbocycles. The Kier molecular flexibility index (Phi) is 5.25. The molecular formula is C20H23F3N4O3. The molecule has 4 rings (SSSR count). The molecule has 1 aromatic heterocycles. The Morgan fingerprint density at radius 2 is 1.90 bits per heavy atom. The number of likely N-dealkylation sites (tertiary alicyclic amines) is 1. The third kappa shape index (κ3) is 4.03. The number of nitrogen functional groups attached to an aromatic ring is 1. The van der Waals surface area contributed by atoms with E-state index in [2.05, 4.69) is 5.10 Å². The molecule has 2 fully saturated rings. The summed E-state index contributed by atoms with van der Waals surface area (Å²) in [5.41, 5.74) is 6.27. The lowest BCUT2D eigenvalue weighted by molar-refractivity contribution is 0.0491. The minimum absolute atomic E-state index is 0.0260. The predicted octanol–water partition coefficient (Wildman–Crippen LogP) is 3.79. The monoisotopic (exact) mass is 424 g/mol. The third-order valence-corrected chi connectivity index (χ3v) is 5.64. The second-order valence-electron chi connectivity index (χ2n) is 8.00. The second-order valence-corrected chi connectivity index (χ2v) is 8.00. The number of anilines is 1. The van der Waals surface area contributed by atoms with E-state index in [1.807, 2.05) is 6.92 Å². The van der Waals surface area contributed by atoms with Crippen LogP contribution in [0.2, 0.25) is 0 Å². The van der Waals surface area contributed by atoms with Gasteiger partial charge >= 0.3 is 6.09 Å². The highest BCUT2D eigenvalue weighted by Gasteiger charge is 2.43. The summed E-state index contributed by atoms with van der Waals surface area (Å²) in [7, 11) is 0. The van der Waals surface area contributed by atoms with Crippen molar-refractivity contribution in [2.75, 3.05) is 18.8 Å². The van der Waals surface area contributed by atoms with Crippen molar-refractivity contribution >= 4 is 11.9 Å². The van der Waals surface area contributed by atoms with Gasteiger partial charge < -0.3 is 20.1 Å². The number of rotatable bonds is 5. The highest BCUT2D eigenvalue weighted by Crippen LogP contribution is 2.39. The number of nitrogens with two attached hydrogens (primary N) is 1. The highest BCUT2D eigenvalue weighted by molar-refractivity contribution is 5.68. The maximum Gasteiger partial charge on any atom is 0.410 e. The van der Waals surface area contributed by atoms with Gasteiger partial charge in [-0.1, -0.05) is 0 Å². The van der Waals surface area contributed by atoms with Crippen molar-refractivity contribution in [3.63, 3.8) is 0 Å². The maximum atomic E-state index is 13.7. The maximum absolute atomic E-state index is 13.7. The van der Waals surface area contributed by atoms with E-state index in [0.29, 0.717) is 43.4 Å². The van der Waals surface area contributed by atoms with Crippen LogP contribution in [0, 0.1) is 17.5 Å². The van der Waals surface area contributed by atoms with E-state index in [4.69, 9.17) is 15.2 Å². The number of amides is 1. The normalized spacial score (nSPS) is 18.3. The van der Waals surface area contributed by atoms with Crippen molar-refractivity contribution in [1.29, 1.82) is 0 Å². The first-order valence-electron chi connectivity index (χ1n) is 9.83. The standard InChI is InChI=1S/C20H23F3N4O3/c1-20(6-7-20)30-19(28)26-8-4-13(5-9-26)27-18(24)12(10-25-27)11-29-17-15(22)3-2-14(21)16(17)23/h2-3,10,13H,4-9,11,24H2,1H3. The van der Waals surface area contributed by atoms with Crippen LogP contribution in [0.1, 0.15) is 44.2 Å². The Balaban J connectivity index is 1.36. The molecule has 2 N–H and O–H groups in total. The van der Waals surface area contributed by atoms with Crippen molar-refractivity contribution in [2.24, 2.45) is 0 Å². The highest BCUT2D eigenvalue weighted by atomic mass is 19.2. The van der Waals surface area contributed by atoms with Crippen molar-refractivity contribution in [1.82, 2.24) is 14.7 Å². The fourth-order valence-electron chi connectivity index (χ4n) is 3.45. The minimum Gasteiger partial charge on any atom is -0.483 e. The molecule has 0 spiro atoms. The molecule has 1 aliphatic carbocycles. The summed E-state index contributed by atoms with van der Waals surface area (Å²) < 4.78 is 53.0. The van der Waals surface area contributed by atoms with E-state index < -0.39 is 23.2 Å². The van der Waals surface area contributed by atoms with Crippen LogP contribution in [0.25, 0.3) is 0 Å². The summed E-state index contributed by atoms with van der Waals surface area (Å²) >= 11 is 0. The van der Waals surface area contributed by atoms with E-state index in [-0.39, 0.29) is 24.3 Å². The van der Waals surface area contributed by atoms with Gasteiger partial charge in [0, 0.05) is 13.1 Å². The second kappa shape index (κ2) is 7.73. The van der Waals surface area contributed by atoms with E-state index in [0.717, 1.165) is 18.9 Å². The molecule has 0 atom stereocenters. The Morgan fingerprint density at radius 1 is 1.23 bits per heavy atom. The van der Waals surface area contributed by atoms with Gasteiger partial charge in [-0.15, -0.1) is 0 Å². The van der Waals surface area contributed by atoms with Crippen LogP contribution >= 0.6 is 0 Å². The summed E-state index contributed by atoms with van der Waals surface area (Å²) in [6.07, 6.45) is 4.24.